The Balaban J connectivity index is 1.45. The first kappa shape index (κ1) is 17.7. The Morgan fingerprint density at radius 3 is 2.67 bits per heavy atom. The standard InChI is InChI=1S/C22H25N3O2/c26-21(24-14-11-16-9-12-23-13-10-16)19-8-4-5-17-15-25(22(27)20(17)19)18-6-2-1-3-7-18/h4-5,8-10,12-13,18H,1-3,6-7,11,14-15H2,(H,24,26). The van der Waals surface area contributed by atoms with Crippen LogP contribution < -0.4 is 5.32 Å². The number of pyridine rings is 1. The van der Waals surface area contributed by atoms with Crippen molar-refractivity contribution in [3.8, 4) is 0 Å². The number of hydrogen-bond donors (Lipinski definition) is 1. The van der Waals surface area contributed by atoms with Gasteiger partial charge in [0.15, 0.2) is 0 Å². The highest BCUT2D eigenvalue weighted by Gasteiger charge is 2.35. The van der Waals surface area contributed by atoms with E-state index < -0.39 is 0 Å². The maximum Gasteiger partial charge on any atom is 0.255 e. The van der Waals surface area contributed by atoms with Crippen LogP contribution in [0.5, 0.6) is 0 Å². The molecule has 0 bridgehead atoms. The summed E-state index contributed by atoms with van der Waals surface area (Å²) in [4.78, 5) is 31.8. The van der Waals surface area contributed by atoms with Crippen LogP contribution in [0.15, 0.2) is 42.7 Å². The molecule has 0 atom stereocenters. The van der Waals surface area contributed by atoms with Gasteiger partial charge in [0.1, 0.15) is 0 Å². The molecule has 2 amide bonds. The molecular formula is C22H25N3O2. The maximum absolute atomic E-state index is 13.1. The first-order valence-electron chi connectivity index (χ1n) is 9.84. The Hall–Kier alpha value is -2.69. The first-order chi connectivity index (χ1) is 13.2. The van der Waals surface area contributed by atoms with Crippen LogP contribution in [0.4, 0.5) is 0 Å². The van der Waals surface area contributed by atoms with Crippen LogP contribution in [0.1, 0.15) is 63.9 Å². The van der Waals surface area contributed by atoms with Gasteiger partial charge in [0.25, 0.3) is 11.8 Å². The average Bonchev–Trinajstić information content (AvgIpc) is 3.06. The summed E-state index contributed by atoms with van der Waals surface area (Å²) >= 11 is 0. The summed E-state index contributed by atoms with van der Waals surface area (Å²) in [5, 5.41) is 2.96. The third kappa shape index (κ3) is 3.72. The summed E-state index contributed by atoms with van der Waals surface area (Å²) in [6.45, 7) is 1.17. The van der Waals surface area contributed by atoms with E-state index in [1.54, 1.807) is 18.5 Å². The van der Waals surface area contributed by atoms with E-state index in [1.807, 2.05) is 29.2 Å². The number of nitrogens with one attached hydrogen (secondary N) is 1. The number of rotatable bonds is 5. The molecule has 1 saturated carbocycles. The van der Waals surface area contributed by atoms with E-state index in [9.17, 15) is 9.59 Å². The molecule has 1 N–H and O–H groups in total. The van der Waals surface area contributed by atoms with Crippen molar-refractivity contribution in [2.45, 2.75) is 51.1 Å². The number of hydrogen-bond acceptors (Lipinski definition) is 3. The van der Waals surface area contributed by atoms with Gasteiger partial charge in [-0.3, -0.25) is 14.6 Å². The van der Waals surface area contributed by atoms with Gasteiger partial charge in [0.05, 0.1) is 11.1 Å². The summed E-state index contributed by atoms with van der Waals surface area (Å²) in [6.07, 6.45) is 10.0. The summed E-state index contributed by atoms with van der Waals surface area (Å²) in [5.74, 6) is -0.142. The fourth-order valence-electron chi connectivity index (χ4n) is 4.23. The second-order valence-electron chi connectivity index (χ2n) is 7.43. The van der Waals surface area contributed by atoms with Crippen LogP contribution in [0.2, 0.25) is 0 Å². The van der Waals surface area contributed by atoms with Crippen molar-refractivity contribution in [1.82, 2.24) is 15.2 Å². The van der Waals surface area contributed by atoms with Crippen molar-refractivity contribution in [3.05, 3.63) is 65.0 Å². The van der Waals surface area contributed by atoms with Gasteiger partial charge in [-0.2, -0.15) is 0 Å². The molecule has 5 nitrogen and oxygen atoms in total. The molecule has 1 aliphatic heterocycles. The van der Waals surface area contributed by atoms with Crippen LogP contribution >= 0.6 is 0 Å². The summed E-state index contributed by atoms with van der Waals surface area (Å²) < 4.78 is 0. The molecule has 1 aromatic carbocycles. The summed E-state index contributed by atoms with van der Waals surface area (Å²) in [6, 6.07) is 9.83. The van der Waals surface area contributed by atoms with E-state index in [2.05, 4.69) is 10.3 Å². The molecular weight excluding hydrogens is 338 g/mol. The van der Waals surface area contributed by atoms with Gasteiger partial charge in [0, 0.05) is 31.5 Å². The van der Waals surface area contributed by atoms with Gasteiger partial charge in [-0.15, -0.1) is 0 Å². The van der Waals surface area contributed by atoms with E-state index in [0.29, 0.717) is 30.3 Å². The van der Waals surface area contributed by atoms with Gasteiger partial charge in [0.2, 0.25) is 0 Å². The van der Waals surface area contributed by atoms with Crippen LogP contribution in [0.25, 0.3) is 0 Å². The number of carbonyl (C=O) groups excluding carboxylic acids is 2. The van der Waals surface area contributed by atoms with Gasteiger partial charge >= 0.3 is 0 Å². The van der Waals surface area contributed by atoms with Crippen molar-refractivity contribution >= 4 is 11.8 Å². The zero-order valence-electron chi connectivity index (χ0n) is 15.5. The molecule has 140 valence electrons. The Morgan fingerprint density at radius 1 is 1.11 bits per heavy atom. The topological polar surface area (TPSA) is 62.3 Å². The third-order valence-corrected chi connectivity index (χ3v) is 5.67. The van der Waals surface area contributed by atoms with E-state index >= 15 is 0 Å². The van der Waals surface area contributed by atoms with Crippen LogP contribution in [-0.4, -0.2) is 34.3 Å². The van der Waals surface area contributed by atoms with E-state index in [0.717, 1.165) is 30.4 Å². The number of carbonyl (C=O) groups is 2. The SMILES string of the molecule is O=C(NCCc1ccncc1)c1cccc2c1C(=O)N(C1CCCCC1)C2. The summed E-state index contributed by atoms with van der Waals surface area (Å²) in [5.41, 5.74) is 3.21. The molecule has 1 aromatic heterocycles. The first-order valence-corrected chi connectivity index (χ1v) is 9.84. The second kappa shape index (κ2) is 7.91. The monoisotopic (exact) mass is 363 g/mol. The lowest BCUT2D eigenvalue weighted by atomic mass is 9.94. The third-order valence-electron chi connectivity index (χ3n) is 5.67. The molecule has 1 aliphatic carbocycles. The van der Waals surface area contributed by atoms with Gasteiger partial charge in [-0.1, -0.05) is 31.4 Å². The zero-order valence-corrected chi connectivity index (χ0v) is 15.5. The fraction of sp³-hybridized carbons (Fsp3) is 0.409. The molecule has 1 fully saturated rings. The molecule has 2 aliphatic rings. The Labute approximate surface area is 159 Å². The largest absolute Gasteiger partial charge is 0.352 e. The smallest absolute Gasteiger partial charge is 0.255 e. The minimum Gasteiger partial charge on any atom is -0.352 e. The van der Waals surface area contributed by atoms with Gasteiger partial charge in [-0.05, 0) is 48.6 Å². The predicted octanol–water partition coefficient (Wildman–Crippen LogP) is 3.34. The lowest BCUT2D eigenvalue weighted by molar-refractivity contribution is 0.0656. The highest BCUT2D eigenvalue weighted by atomic mass is 16.2. The van der Waals surface area contributed by atoms with Crippen molar-refractivity contribution < 1.29 is 9.59 Å². The maximum atomic E-state index is 13.1. The lowest BCUT2D eigenvalue weighted by Gasteiger charge is -2.30. The van der Waals surface area contributed by atoms with Crippen LogP contribution in [0, 0.1) is 0 Å². The highest BCUT2D eigenvalue weighted by Crippen LogP contribution is 2.32. The van der Waals surface area contributed by atoms with Crippen molar-refractivity contribution in [1.29, 1.82) is 0 Å². The van der Waals surface area contributed by atoms with E-state index in [1.165, 1.54) is 19.3 Å². The quantitative estimate of drug-likeness (QED) is 0.886. The molecule has 0 saturated heterocycles. The molecule has 27 heavy (non-hydrogen) atoms. The molecule has 0 radical (unpaired) electrons. The molecule has 0 spiro atoms. The highest BCUT2D eigenvalue weighted by molar-refractivity contribution is 6.09. The average molecular weight is 363 g/mol. The predicted molar refractivity (Wildman–Crippen MR) is 103 cm³/mol. The number of benzene rings is 1. The van der Waals surface area contributed by atoms with Gasteiger partial charge < -0.3 is 10.2 Å². The molecule has 2 aromatic rings. The van der Waals surface area contributed by atoms with E-state index in [4.69, 9.17) is 0 Å². The number of amides is 2. The fourth-order valence-corrected chi connectivity index (χ4v) is 4.23. The van der Waals surface area contributed by atoms with E-state index in [-0.39, 0.29) is 11.8 Å². The number of aromatic nitrogens is 1. The van der Waals surface area contributed by atoms with Crippen molar-refractivity contribution in [2.24, 2.45) is 0 Å². The Morgan fingerprint density at radius 2 is 1.89 bits per heavy atom. The number of fused-ring (bicyclic) bond motifs is 1. The van der Waals surface area contributed by atoms with Crippen molar-refractivity contribution in [2.75, 3.05) is 6.54 Å². The summed E-state index contributed by atoms with van der Waals surface area (Å²) in [7, 11) is 0. The minimum atomic E-state index is -0.167. The Bertz CT molecular complexity index is 829. The number of nitrogens with zero attached hydrogens (tertiary/aromatic N) is 2. The molecule has 5 heteroatoms. The minimum absolute atomic E-state index is 0.0248. The lowest BCUT2D eigenvalue weighted by Crippen LogP contribution is -2.37. The second-order valence-corrected chi connectivity index (χ2v) is 7.43. The molecule has 4 rings (SSSR count). The molecule has 0 unspecified atom stereocenters. The van der Waals surface area contributed by atoms with Gasteiger partial charge in [-0.25, -0.2) is 0 Å². The normalized spacial score (nSPS) is 17.0. The van der Waals surface area contributed by atoms with Crippen molar-refractivity contribution in [3.63, 3.8) is 0 Å². The zero-order chi connectivity index (χ0) is 18.6. The van der Waals surface area contributed by atoms with Crippen LogP contribution in [0.3, 0.4) is 0 Å². The molecule has 2 heterocycles. The Kier molecular flexibility index (Phi) is 5.19. The van der Waals surface area contributed by atoms with Crippen LogP contribution in [-0.2, 0) is 13.0 Å².